The lowest BCUT2D eigenvalue weighted by Crippen LogP contribution is -2.38. The Kier molecular flexibility index (Phi) is 11.0. The molecule has 11 heteroatoms. The van der Waals surface area contributed by atoms with Crippen LogP contribution < -0.4 is 10.6 Å². The second-order valence-corrected chi connectivity index (χ2v) is 13.7. The fraction of sp³-hybridized carbons (Fsp3) is 0.286. The topological polar surface area (TPSA) is 130 Å². The van der Waals surface area contributed by atoms with Crippen molar-refractivity contribution in [1.82, 2.24) is 24.6 Å². The van der Waals surface area contributed by atoms with E-state index in [9.17, 15) is 19.2 Å². The zero-order valence-electron chi connectivity index (χ0n) is 29.6. The van der Waals surface area contributed by atoms with Crippen molar-refractivity contribution in [1.29, 1.82) is 0 Å². The van der Waals surface area contributed by atoms with Crippen LogP contribution in [0.25, 0.3) is 17.1 Å². The SMILES string of the molecule is O=C(C[C@@H]1CCCN1C(=O)Cc1ccccc1)Nc1ccc(-c2nncn2-c2ccc(NC(=O)C[C@@H]3CCCN3C(=O)Cc3ccccc3)cc2)cc1. The molecule has 2 saturated heterocycles. The molecule has 53 heavy (non-hydrogen) atoms. The van der Waals surface area contributed by atoms with Gasteiger partial charge < -0.3 is 20.4 Å². The summed E-state index contributed by atoms with van der Waals surface area (Å²) >= 11 is 0. The third-order valence-electron chi connectivity index (χ3n) is 10.0. The normalized spacial score (nSPS) is 16.8. The number of carbonyl (C=O) groups is 4. The maximum atomic E-state index is 13.0. The molecule has 0 unspecified atom stereocenters. The fourth-order valence-corrected chi connectivity index (χ4v) is 7.38. The molecule has 1 aromatic heterocycles. The Morgan fingerprint density at radius 2 is 1.08 bits per heavy atom. The number of likely N-dealkylation sites (tertiary alicyclic amines) is 2. The van der Waals surface area contributed by atoms with E-state index in [4.69, 9.17) is 0 Å². The summed E-state index contributed by atoms with van der Waals surface area (Å²) in [5.41, 5.74) is 4.90. The molecule has 2 atom stereocenters. The largest absolute Gasteiger partial charge is 0.339 e. The molecule has 0 spiro atoms. The molecule has 11 nitrogen and oxygen atoms in total. The first kappa shape index (κ1) is 35.3. The Balaban J connectivity index is 0.912. The highest BCUT2D eigenvalue weighted by Crippen LogP contribution is 2.26. The second-order valence-electron chi connectivity index (χ2n) is 13.7. The highest BCUT2D eigenvalue weighted by molar-refractivity contribution is 5.92. The van der Waals surface area contributed by atoms with Gasteiger partial charge in [-0.15, -0.1) is 10.2 Å². The summed E-state index contributed by atoms with van der Waals surface area (Å²) in [6.45, 7) is 1.35. The first-order valence-electron chi connectivity index (χ1n) is 18.3. The molecule has 0 aliphatic carbocycles. The molecule has 2 aliphatic heterocycles. The summed E-state index contributed by atoms with van der Waals surface area (Å²) < 4.78 is 1.86. The molecule has 4 aromatic carbocycles. The Labute approximate surface area is 309 Å². The minimum Gasteiger partial charge on any atom is -0.339 e. The number of rotatable bonds is 12. The molecule has 270 valence electrons. The van der Waals surface area contributed by atoms with Gasteiger partial charge in [0.05, 0.1) is 12.8 Å². The number of hydrogen-bond donors (Lipinski definition) is 2. The number of nitrogens with one attached hydrogen (secondary N) is 2. The van der Waals surface area contributed by atoms with Crippen molar-refractivity contribution in [3.8, 4) is 17.1 Å². The van der Waals surface area contributed by atoms with E-state index >= 15 is 0 Å². The Morgan fingerprint density at radius 1 is 0.604 bits per heavy atom. The van der Waals surface area contributed by atoms with Gasteiger partial charge >= 0.3 is 0 Å². The monoisotopic (exact) mass is 709 g/mol. The zero-order chi connectivity index (χ0) is 36.6. The van der Waals surface area contributed by atoms with Crippen molar-refractivity contribution in [2.75, 3.05) is 23.7 Å². The summed E-state index contributed by atoms with van der Waals surface area (Å²) in [5, 5.41) is 14.4. The summed E-state index contributed by atoms with van der Waals surface area (Å²) in [6, 6.07) is 34.0. The van der Waals surface area contributed by atoms with Crippen molar-refractivity contribution in [2.45, 2.75) is 63.5 Å². The minimum atomic E-state index is -0.130. The average Bonchev–Trinajstić information content (AvgIpc) is 3.95. The van der Waals surface area contributed by atoms with Crippen LogP contribution in [0.4, 0.5) is 11.4 Å². The summed E-state index contributed by atoms with van der Waals surface area (Å²) in [5.74, 6) is 0.477. The smallest absolute Gasteiger partial charge is 0.227 e. The molecule has 2 fully saturated rings. The Morgan fingerprint density at radius 3 is 1.57 bits per heavy atom. The van der Waals surface area contributed by atoms with E-state index in [2.05, 4.69) is 20.8 Å². The van der Waals surface area contributed by atoms with Crippen molar-refractivity contribution in [3.63, 3.8) is 0 Å². The van der Waals surface area contributed by atoms with Gasteiger partial charge in [0, 0.05) is 60.6 Å². The number of hydrogen-bond acceptors (Lipinski definition) is 6. The van der Waals surface area contributed by atoms with E-state index in [1.54, 1.807) is 6.33 Å². The summed E-state index contributed by atoms with van der Waals surface area (Å²) in [7, 11) is 0. The zero-order valence-corrected chi connectivity index (χ0v) is 29.6. The number of nitrogens with zero attached hydrogens (tertiary/aromatic N) is 5. The first-order chi connectivity index (χ1) is 25.9. The fourth-order valence-electron chi connectivity index (χ4n) is 7.38. The molecule has 3 heterocycles. The van der Waals surface area contributed by atoms with Crippen molar-refractivity contribution >= 4 is 35.0 Å². The highest BCUT2D eigenvalue weighted by Gasteiger charge is 2.31. The van der Waals surface area contributed by atoms with Crippen LogP contribution in [0, 0.1) is 0 Å². The average molecular weight is 710 g/mol. The van der Waals surface area contributed by atoms with Crippen LogP contribution >= 0.6 is 0 Å². The number of benzene rings is 4. The molecule has 0 bridgehead atoms. The van der Waals surface area contributed by atoms with E-state index in [0.717, 1.165) is 48.1 Å². The number of carbonyl (C=O) groups excluding carboxylic acids is 4. The maximum absolute atomic E-state index is 13.0. The van der Waals surface area contributed by atoms with Crippen molar-refractivity contribution in [3.05, 3.63) is 127 Å². The molecule has 0 saturated carbocycles. The molecule has 7 rings (SSSR count). The van der Waals surface area contributed by atoms with Crippen LogP contribution in [0.15, 0.2) is 116 Å². The number of aromatic nitrogens is 3. The number of anilines is 2. The van der Waals surface area contributed by atoms with Gasteiger partial charge in [0.2, 0.25) is 23.6 Å². The van der Waals surface area contributed by atoms with E-state index in [0.29, 0.717) is 43.1 Å². The van der Waals surface area contributed by atoms with Gasteiger partial charge in [0.1, 0.15) is 6.33 Å². The lowest BCUT2D eigenvalue weighted by atomic mass is 10.1. The van der Waals surface area contributed by atoms with E-state index in [1.165, 1.54) is 0 Å². The first-order valence-corrected chi connectivity index (χ1v) is 18.3. The summed E-state index contributed by atoms with van der Waals surface area (Å²) in [6.07, 6.45) is 6.22. The molecular formula is C42H43N7O4. The highest BCUT2D eigenvalue weighted by atomic mass is 16.2. The van der Waals surface area contributed by atoms with Gasteiger partial charge in [-0.1, -0.05) is 60.7 Å². The molecular weight excluding hydrogens is 667 g/mol. The summed E-state index contributed by atoms with van der Waals surface area (Å²) in [4.78, 5) is 55.7. The molecule has 0 radical (unpaired) electrons. The van der Waals surface area contributed by atoms with E-state index in [-0.39, 0.29) is 48.6 Å². The lowest BCUT2D eigenvalue weighted by molar-refractivity contribution is -0.133. The lowest BCUT2D eigenvalue weighted by Gasteiger charge is -2.24. The molecule has 4 amide bonds. The maximum Gasteiger partial charge on any atom is 0.227 e. The van der Waals surface area contributed by atoms with Crippen LogP contribution in [-0.2, 0) is 32.0 Å². The number of amides is 4. The predicted octanol–water partition coefficient (Wildman–Crippen LogP) is 6.06. The van der Waals surface area contributed by atoms with Crippen molar-refractivity contribution < 1.29 is 19.2 Å². The second kappa shape index (κ2) is 16.5. The minimum absolute atomic E-state index is 0.0548. The van der Waals surface area contributed by atoms with Crippen LogP contribution in [-0.4, -0.2) is 73.4 Å². The van der Waals surface area contributed by atoms with Crippen LogP contribution in [0.1, 0.15) is 49.7 Å². The van der Waals surface area contributed by atoms with Gasteiger partial charge in [0.25, 0.3) is 0 Å². The molecule has 2 N–H and O–H groups in total. The van der Waals surface area contributed by atoms with Gasteiger partial charge in [-0.3, -0.25) is 23.7 Å². The van der Waals surface area contributed by atoms with E-state index in [1.807, 2.05) is 124 Å². The van der Waals surface area contributed by atoms with Gasteiger partial charge in [-0.25, -0.2) is 0 Å². The Bertz CT molecular complexity index is 1890. The Hall–Kier alpha value is -6.10. The standard InChI is InChI=1S/C42H43N7O4/c50-38(27-36-13-7-23-47(36)40(52)25-30-9-3-1-4-10-30)44-33-17-15-32(16-18-33)42-46-43-29-49(42)35-21-19-34(20-22-35)45-39(51)28-37-14-8-24-48(37)41(53)26-31-11-5-2-6-12-31/h1-6,9-12,15-22,29,36-37H,7-8,13-14,23-28H2,(H,44,50)(H,45,51)/t36-,37-/m0/s1. The van der Waals surface area contributed by atoms with Gasteiger partial charge in [-0.05, 0) is 85.3 Å². The van der Waals surface area contributed by atoms with Crippen LogP contribution in [0.3, 0.4) is 0 Å². The predicted molar refractivity (Wildman–Crippen MR) is 203 cm³/mol. The van der Waals surface area contributed by atoms with Gasteiger partial charge in [-0.2, -0.15) is 0 Å². The van der Waals surface area contributed by atoms with Crippen molar-refractivity contribution in [2.24, 2.45) is 0 Å². The molecule has 5 aromatic rings. The molecule has 2 aliphatic rings. The third kappa shape index (κ3) is 8.86. The van der Waals surface area contributed by atoms with Crippen LogP contribution in [0.2, 0.25) is 0 Å². The van der Waals surface area contributed by atoms with Crippen LogP contribution in [0.5, 0.6) is 0 Å². The third-order valence-corrected chi connectivity index (χ3v) is 10.0. The quantitative estimate of drug-likeness (QED) is 0.162. The van der Waals surface area contributed by atoms with E-state index < -0.39 is 0 Å². The van der Waals surface area contributed by atoms with Gasteiger partial charge in [0.15, 0.2) is 5.82 Å².